The van der Waals surface area contributed by atoms with Gasteiger partial charge in [-0.25, -0.2) is 4.98 Å². The summed E-state index contributed by atoms with van der Waals surface area (Å²) in [7, 11) is -1.03. The van der Waals surface area contributed by atoms with Crippen molar-refractivity contribution in [1.82, 2.24) is 4.98 Å². The molecule has 0 fully saturated rings. The fraction of sp³-hybridized carbons (Fsp3) is 0.400. The zero-order chi connectivity index (χ0) is 14.0. The van der Waals surface area contributed by atoms with Crippen LogP contribution in [-0.2, 0) is 16.6 Å². The molecule has 2 rings (SSSR count). The minimum atomic E-state index is -1.03. The lowest BCUT2D eigenvalue weighted by Crippen LogP contribution is -2.06. The van der Waals surface area contributed by atoms with Gasteiger partial charge >= 0.3 is 0 Å². The largest absolute Gasteiger partial charge is 0.445 e. The summed E-state index contributed by atoms with van der Waals surface area (Å²) in [5.41, 5.74) is 3.15. The first kappa shape index (κ1) is 14.0. The molecule has 1 heterocycles. The molecule has 102 valence electrons. The number of hydrogen-bond donors (Lipinski definition) is 0. The summed E-state index contributed by atoms with van der Waals surface area (Å²) in [6.45, 7) is 7.79. The molecule has 0 saturated carbocycles. The molecule has 19 heavy (non-hydrogen) atoms. The van der Waals surface area contributed by atoms with Crippen LogP contribution in [-0.4, -0.2) is 9.19 Å². The third kappa shape index (κ3) is 3.32. The van der Waals surface area contributed by atoms with Crippen molar-refractivity contribution in [3.05, 3.63) is 52.7 Å². The van der Waals surface area contributed by atoms with E-state index < -0.39 is 10.8 Å². The van der Waals surface area contributed by atoms with Gasteiger partial charge in [-0.2, -0.15) is 0 Å². The van der Waals surface area contributed by atoms with E-state index in [1.54, 1.807) is 0 Å². The first-order chi connectivity index (χ1) is 8.97. The van der Waals surface area contributed by atoms with E-state index in [9.17, 15) is 4.21 Å². The molecule has 0 aliphatic heterocycles. The minimum absolute atomic E-state index is 0.0209. The fourth-order valence-corrected chi connectivity index (χ4v) is 2.99. The Kier molecular flexibility index (Phi) is 4.20. The molecule has 0 N–H and O–H groups in total. The van der Waals surface area contributed by atoms with Gasteiger partial charge in [-0.1, -0.05) is 29.8 Å². The lowest BCUT2D eigenvalue weighted by Gasteiger charge is -2.11. The van der Waals surface area contributed by atoms with Crippen molar-refractivity contribution >= 4 is 10.8 Å². The molecule has 2 aromatic rings. The molecular formula is C15H19NO2S. The lowest BCUT2D eigenvalue weighted by atomic mass is 10.1. The van der Waals surface area contributed by atoms with Crippen LogP contribution in [0, 0.1) is 20.8 Å². The number of nitrogens with zero attached hydrogens (tertiary/aromatic N) is 1. The summed E-state index contributed by atoms with van der Waals surface area (Å²) in [5.74, 6) is 1.73. The molecule has 2 atom stereocenters. The Balaban J connectivity index is 2.11. The Morgan fingerprint density at radius 1 is 1.32 bits per heavy atom. The topological polar surface area (TPSA) is 43.1 Å². The molecule has 0 aliphatic carbocycles. The second-order valence-electron chi connectivity index (χ2n) is 4.83. The molecule has 4 heteroatoms. The van der Waals surface area contributed by atoms with Crippen molar-refractivity contribution in [2.45, 2.75) is 38.7 Å². The van der Waals surface area contributed by atoms with Gasteiger partial charge in [-0.3, -0.25) is 4.21 Å². The van der Waals surface area contributed by atoms with Crippen LogP contribution in [0.2, 0.25) is 0 Å². The van der Waals surface area contributed by atoms with Crippen LogP contribution in [0.1, 0.15) is 40.6 Å². The Labute approximate surface area is 116 Å². The normalized spacial score (nSPS) is 14.3. The number of hydrogen-bond acceptors (Lipinski definition) is 3. The van der Waals surface area contributed by atoms with Crippen molar-refractivity contribution in [3.8, 4) is 0 Å². The van der Waals surface area contributed by atoms with E-state index in [1.807, 2.05) is 45.9 Å². The maximum absolute atomic E-state index is 12.4. The van der Waals surface area contributed by atoms with Gasteiger partial charge in [0.05, 0.1) is 10.9 Å². The number of rotatable bonds is 4. The quantitative estimate of drug-likeness (QED) is 0.857. The highest BCUT2D eigenvalue weighted by molar-refractivity contribution is 7.84. The highest BCUT2D eigenvalue weighted by Gasteiger charge is 2.17. The van der Waals surface area contributed by atoms with Crippen LogP contribution in [0.5, 0.6) is 0 Å². The second-order valence-corrected chi connectivity index (χ2v) is 6.59. The van der Waals surface area contributed by atoms with E-state index in [0.29, 0.717) is 11.6 Å². The maximum atomic E-state index is 12.4. The van der Waals surface area contributed by atoms with Gasteiger partial charge in [0, 0.05) is 10.8 Å². The molecule has 0 bridgehead atoms. The van der Waals surface area contributed by atoms with Crippen LogP contribution in [0.3, 0.4) is 0 Å². The fourth-order valence-electron chi connectivity index (χ4n) is 1.92. The summed E-state index contributed by atoms with van der Waals surface area (Å²) in [6.07, 6.45) is 0. The van der Waals surface area contributed by atoms with Crippen LogP contribution in [0.4, 0.5) is 0 Å². The van der Waals surface area contributed by atoms with Crippen molar-refractivity contribution in [2.24, 2.45) is 0 Å². The Hall–Kier alpha value is -1.42. The van der Waals surface area contributed by atoms with Crippen LogP contribution >= 0.6 is 0 Å². The van der Waals surface area contributed by atoms with E-state index in [1.165, 1.54) is 5.56 Å². The summed E-state index contributed by atoms with van der Waals surface area (Å²) in [4.78, 5) is 4.28. The van der Waals surface area contributed by atoms with Gasteiger partial charge in [-0.05, 0) is 33.3 Å². The third-order valence-corrected chi connectivity index (χ3v) is 4.84. The highest BCUT2D eigenvalue weighted by Crippen LogP contribution is 2.23. The van der Waals surface area contributed by atoms with Gasteiger partial charge < -0.3 is 4.42 Å². The average Bonchev–Trinajstić information content (AvgIpc) is 2.67. The smallest absolute Gasteiger partial charge is 0.207 e. The Bertz CT molecular complexity index is 584. The van der Waals surface area contributed by atoms with Crippen molar-refractivity contribution in [1.29, 1.82) is 0 Å². The van der Waals surface area contributed by atoms with E-state index in [4.69, 9.17) is 4.42 Å². The molecule has 1 aromatic heterocycles. The highest BCUT2D eigenvalue weighted by atomic mass is 32.2. The van der Waals surface area contributed by atoms with Gasteiger partial charge in [0.25, 0.3) is 0 Å². The van der Waals surface area contributed by atoms with Gasteiger partial charge in [0.2, 0.25) is 5.89 Å². The summed E-state index contributed by atoms with van der Waals surface area (Å²) in [5, 5.41) is -0.0209. The van der Waals surface area contributed by atoms with E-state index in [-0.39, 0.29) is 5.25 Å². The first-order valence-corrected chi connectivity index (χ1v) is 7.72. The summed E-state index contributed by atoms with van der Waals surface area (Å²) < 4.78 is 17.8. The minimum Gasteiger partial charge on any atom is -0.445 e. The van der Waals surface area contributed by atoms with E-state index in [2.05, 4.69) is 11.1 Å². The number of aryl methyl sites for hydroxylation is 3. The SMILES string of the molecule is Cc1cccc([C@H](C)[S@@](=O)Cc2nc(C)c(C)o2)c1. The standard InChI is InChI=1S/C15H19NO2S/c1-10-6-5-7-14(8-10)13(4)19(17)9-15-16-11(2)12(3)18-15/h5-8,13H,9H2,1-4H3/t13-,19-/m0/s1. The van der Waals surface area contributed by atoms with Crippen LogP contribution < -0.4 is 0 Å². The number of oxazole rings is 1. The lowest BCUT2D eigenvalue weighted by molar-refractivity contribution is 0.487. The predicted octanol–water partition coefficient (Wildman–Crippen LogP) is 3.61. The Morgan fingerprint density at radius 3 is 2.63 bits per heavy atom. The molecule has 0 spiro atoms. The zero-order valence-corrected chi connectivity index (χ0v) is 12.6. The van der Waals surface area contributed by atoms with Crippen LogP contribution in [0.25, 0.3) is 0 Å². The molecule has 1 aromatic carbocycles. The Morgan fingerprint density at radius 2 is 2.05 bits per heavy atom. The molecule has 0 radical (unpaired) electrons. The van der Waals surface area contributed by atoms with Crippen LogP contribution in [0.15, 0.2) is 28.7 Å². The van der Waals surface area contributed by atoms with Gasteiger partial charge in [0.15, 0.2) is 0 Å². The van der Waals surface area contributed by atoms with E-state index in [0.717, 1.165) is 17.0 Å². The zero-order valence-electron chi connectivity index (χ0n) is 11.8. The van der Waals surface area contributed by atoms with E-state index >= 15 is 0 Å². The molecule has 0 amide bonds. The molecule has 0 aliphatic rings. The first-order valence-electron chi connectivity index (χ1n) is 6.34. The maximum Gasteiger partial charge on any atom is 0.207 e. The number of benzene rings is 1. The molecule has 3 nitrogen and oxygen atoms in total. The molecule has 0 unspecified atom stereocenters. The van der Waals surface area contributed by atoms with Gasteiger partial charge in [-0.15, -0.1) is 0 Å². The summed E-state index contributed by atoms with van der Waals surface area (Å²) in [6, 6.07) is 8.13. The predicted molar refractivity (Wildman–Crippen MR) is 77.4 cm³/mol. The summed E-state index contributed by atoms with van der Waals surface area (Å²) >= 11 is 0. The third-order valence-electron chi connectivity index (χ3n) is 3.24. The molecule has 0 saturated heterocycles. The monoisotopic (exact) mass is 277 g/mol. The number of aromatic nitrogens is 1. The van der Waals surface area contributed by atoms with Gasteiger partial charge in [0.1, 0.15) is 11.5 Å². The van der Waals surface area contributed by atoms with Crippen molar-refractivity contribution in [2.75, 3.05) is 0 Å². The van der Waals surface area contributed by atoms with Crippen molar-refractivity contribution < 1.29 is 8.63 Å². The van der Waals surface area contributed by atoms with Crippen molar-refractivity contribution in [3.63, 3.8) is 0 Å². The molecular weight excluding hydrogens is 258 g/mol. The average molecular weight is 277 g/mol. The second kappa shape index (κ2) is 5.70.